The Balaban J connectivity index is 1.51. The summed E-state index contributed by atoms with van der Waals surface area (Å²) in [6.07, 6.45) is 0.816. The molecular weight excluding hydrogens is 346 g/mol. The van der Waals surface area contributed by atoms with Crippen LogP contribution in [0.3, 0.4) is 0 Å². The molecule has 1 unspecified atom stereocenters. The summed E-state index contributed by atoms with van der Waals surface area (Å²) < 4.78 is 0. The Bertz CT molecular complexity index is 1050. The number of nitrogens with one attached hydrogen (secondary N) is 1. The Kier molecular flexibility index (Phi) is 3.90. The summed E-state index contributed by atoms with van der Waals surface area (Å²) in [6, 6.07) is 24.2. The van der Waals surface area contributed by atoms with E-state index in [1.54, 1.807) is 12.1 Å². The van der Waals surface area contributed by atoms with Gasteiger partial charge >= 0.3 is 0 Å². The lowest BCUT2D eigenvalue weighted by Crippen LogP contribution is -2.38. The van der Waals surface area contributed by atoms with Gasteiger partial charge in [0.05, 0.1) is 5.92 Å². The summed E-state index contributed by atoms with van der Waals surface area (Å²) in [4.78, 5) is 24.9. The van der Waals surface area contributed by atoms with Crippen molar-refractivity contribution < 1.29 is 9.59 Å². The maximum absolute atomic E-state index is 13.3. The van der Waals surface area contributed by atoms with E-state index in [4.69, 9.17) is 0 Å². The second-order valence-corrected chi connectivity index (χ2v) is 7.76. The molecule has 2 bridgehead atoms. The second kappa shape index (κ2) is 6.45. The quantitative estimate of drug-likeness (QED) is 0.653. The summed E-state index contributed by atoms with van der Waals surface area (Å²) in [7, 11) is 0. The Morgan fingerprint density at radius 2 is 1.43 bits per heavy atom. The molecule has 3 aliphatic carbocycles. The Morgan fingerprint density at radius 3 is 2.04 bits per heavy atom. The minimum atomic E-state index is -0.115. The highest BCUT2D eigenvalue weighted by Crippen LogP contribution is 2.55. The smallest absolute Gasteiger partial charge is 0.228 e. The van der Waals surface area contributed by atoms with Crippen molar-refractivity contribution in [3.63, 3.8) is 0 Å². The van der Waals surface area contributed by atoms with E-state index < -0.39 is 0 Å². The van der Waals surface area contributed by atoms with Crippen LogP contribution >= 0.6 is 0 Å². The molecule has 3 aliphatic rings. The SMILES string of the molecule is CC(=O)c1cccc(NC(=O)C2CC3c4ccccc4C2c2ccccc23)c1. The lowest BCUT2D eigenvalue weighted by atomic mass is 9.59. The van der Waals surface area contributed by atoms with E-state index in [1.165, 1.54) is 29.2 Å². The summed E-state index contributed by atoms with van der Waals surface area (Å²) >= 11 is 0. The molecule has 1 atom stereocenters. The number of carbonyl (C=O) groups excluding carboxylic acids is 2. The van der Waals surface area contributed by atoms with Crippen LogP contribution in [-0.2, 0) is 4.79 Å². The van der Waals surface area contributed by atoms with E-state index in [1.807, 2.05) is 12.1 Å². The van der Waals surface area contributed by atoms with Gasteiger partial charge in [-0.25, -0.2) is 0 Å². The van der Waals surface area contributed by atoms with Crippen LogP contribution in [0.25, 0.3) is 0 Å². The van der Waals surface area contributed by atoms with E-state index >= 15 is 0 Å². The number of hydrogen-bond acceptors (Lipinski definition) is 2. The lowest BCUT2D eigenvalue weighted by molar-refractivity contribution is -0.121. The van der Waals surface area contributed by atoms with Gasteiger partial charge in [0.15, 0.2) is 5.78 Å². The van der Waals surface area contributed by atoms with Gasteiger partial charge in [-0.1, -0.05) is 60.7 Å². The summed E-state index contributed by atoms with van der Waals surface area (Å²) in [5.41, 5.74) is 6.55. The predicted molar refractivity (Wildman–Crippen MR) is 110 cm³/mol. The van der Waals surface area contributed by atoms with Crippen molar-refractivity contribution in [1.82, 2.24) is 0 Å². The fourth-order valence-electron chi connectivity index (χ4n) is 4.94. The number of rotatable bonds is 3. The second-order valence-electron chi connectivity index (χ2n) is 7.76. The summed E-state index contributed by atoms with van der Waals surface area (Å²) in [5, 5.41) is 3.06. The molecule has 0 heterocycles. The van der Waals surface area contributed by atoms with Crippen molar-refractivity contribution in [1.29, 1.82) is 0 Å². The van der Waals surface area contributed by atoms with Crippen molar-refractivity contribution >= 4 is 17.4 Å². The minimum Gasteiger partial charge on any atom is -0.326 e. The van der Waals surface area contributed by atoms with E-state index in [-0.39, 0.29) is 29.4 Å². The lowest BCUT2D eigenvalue weighted by Gasteiger charge is -2.44. The number of Topliss-reactive ketones (excluding diaryl/α,β-unsaturated/α-hetero) is 1. The Hall–Kier alpha value is -3.20. The number of fused-ring (bicyclic) bond motifs is 1. The van der Waals surface area contributed by atoms with Gasteiger partial charge in [-0.05, 0) is 47.7 Å². The zero-order chi connectivity index (χ0) is 19.3. The molecular formula is C25H21NO2. The highest BCUT2D eigenvalue weighted by Gasteiger charge is 2.45. The van der Waals surface area contributed by atoms with Crippen LogP contribution in [0.4, 0.5) is 5.69 Å². The fourth-order valence-corrected chi connectivity index (χ4v) is 4.94. The number of anilines is 1. The highest BCUT2D eigenvalue weighted by molar-refractivity contribution is 5.98. The van der Waals surface area contributed by atoms with Gasteiger partial charge in [0.1, 0.15) is 0 Å². The largest absolute Gasteiger partial charge is 0.326 e. The number of amides is 1. The van der Waals surface area contributed by atoms with Crippen molar-refractivity contribution in [3.05, 3.63) is 101 Å². The van der Waals surface area contributed by atoms with Crippen LogP contribution in [0, 0.1) is 5.92 Å². The number of ketones is 1. The van der Waals surface area contributed by atoms with Gasteiger partial charge in [0.25, 0.3) is 0 Å². The van der Waals surface area contributed by atoms with Crippen LogP contribution < -0.4 is 5.32 Å². The van der Waals surface area contributed by atoms with Crippen molar-refractivity contribution in [2.24, 2.45) is 5.92 Å². The van der Waals surface area contributed by atoms with Gasteiger partial charge in [-0.3, -0.25) is 9.59 Å². The van der Waals surface area contributed by atoms with Gasteiger partial charge in [0, 0.05) is 23.1 Å². The first kappa shape index (κ1) is 16.9. The minimum absolute atomic E-state index is 0.00400. The van der Waals surface area contributed by atoms with E-state index in [0.717, 1.165) is 6.42 Å². The topological polar surface area (TPSA) is 46.2 Å². The maximum atomic E-state index is 13.3. The molecule has 0 saturated carbocycles. The first-order chi connectivity index (χ1) is 13.6. The molecule has 0 saturated heterocycles. The monoisotopic (exact) mass is 367 g/mol. The summed E-state index contributed by atoms with van der Waals surface area (Å²) in [6.45, 7) is 1.54. The van der Waals surface area contributed by atoms with Crippen LogP contribution in [-0.4, -0.2) is 11.7 Å². The van der Waals surface area contributed by atoms with Crippen molar-refractivity contribution in [2.75, 3.05) is 5.32 Å². The van der Waals surface area contributed by atoms with Gasteiger partial charge in [0.2, 0.25) is 5.91 Å². The van der Waals surface area contributed by atoms with Gasteiger partial charge in [-0.2, -0.15) is 0 Å². The molecule has 0 spiro atoms. The van der Waals surface area contributed by atoms with E-state index in [0.29, 0.717) is 11.3 Å². The van der Waals surface area contributed by atoms with Crippen LogP contribution in [0.15, 0.2) is 72.8 Å². The van der Waals surface area contributed by atoms with E-state index in [2.05, 4.69) is 53.8 Å². The molecule has 3 nitrogen and oxygen atoms in total. The molecule has 1 amide bonds. The molecule has 0 fully saturated rings. The Morgan fingerprint density at radius 1 is 0.821 bits per heavy atom. The number of hydrogen-bond donors (Lipinski definition) is 1. The number of carbonyl (C=O) groups is 2. The highest BCUT2D eigenvalue weighted by atomic mass is 16.2. The molecule has 0 aromatic heterocycles. The van der Waals surface area contributed by atoms with Crippen molar-refractivity contribution in [2.45, 2.75) is 25.2 Å². The zero-order valence-corrected chi connectivity index (χ0v) is 15.7. The average molecular weight is 367 g/mol. The Labute approximate surface area is 164 Å². The first-order valence-corrected chi connectivity index (χ1v) is 9.73. The molecule has 6 rings (SSSR count). The van der Waals surface area contributed by atoms with Crippen LogP contribution in [0.2, 0.25) is 0 Å². The van der Waals surface area contributed by atoms with Gasteiger partial charge in [-0.15, -0.1) is 0 Å². The fraction of sp³-hybridized carbons (Fsp3) is 0.200. The molecule has 28 heavy (non-hydrogen) atoms. The van der Waals surface area contributed by atoms with Crippen LogP contribution in [0.5, 0.6) is 0 Å². The molecule has 3 aromatic carbocycles. The molecule has 3 heteroatoms. The third kappa shape index (κ3) is 2.58. The summed E-state index contributed by atoms with van der Waals surface area (Å²) in [5.74, 6) is 0.247. The van der Waals surface area contributed by atoms with Crippen LogP contribution in [0.1, 0.15) is 57.8 Å². The molecule has 138 valence electrons. The molecule has 1 N–H and O–H groups in total. The predicted octanol–water partition coefficient (Wildman–Crippen LogP) is 5.13. The maximum Gasteiger partial charge on any atom is 0.228 e. The van der Waals surface area contributed by atoms with Crippen molar-refractivity contribution in [3.8, 4) is 0 Å². The zero-order valence-electron chi connectivity index (χ0n) is 15.7. The van der Waals surface area contributed by atoms with Gasteiger partial charge < -0.3 is 5.32 Å². The van der Waals surface area contributed by atoms with E-state index in [9.17, 15) is 9.59 Å². The average Bonchev–Trinajstić information content (AvgIpc) is 2.74. The number of benzene rings is 3. The molecule has 3 aromatic rings. The molecule has 0 radical (unpaired) electrons. The molecule has 0 aliphatic heterocycles. The first-order valence-electron chi connectivity index (χ1n) is 9.73. The normalized spacial score (nSPS) is 21.5. The third-order valence-electron chi connectivity index (χ3n) is 6.18. The third-order valence-corrected chi connectivity index (χ3v) is 6.18. The standard InChI is InChI=1S/C25H21NO2/c1-15(27)16-7-6-8-17(13-16)26-25(28)23-14-22-18-9-2-4-11-20(18)24(23)21-12-5-3-10-19(21)22/h2-13,22-24H,14H2,1H3,(H,26,28).